The van der Waals surface area contributed by atoms with E-state index in [1.807, 2.05) is 29.1 Å². The van der Waals surface area contributed by atoms with Crippen LogP contribution in [0.3, 0.4) is 0 Å². The minimum Gasteiger partial charge on any atom is -0.493 e. The summed E-state index contributed by atoms with van der Waals surface area (Å²) in [5, 5.41) is 2.00. The number of pyridine rings is 1. The highest BCUT2D eigenvalue weighted by molar-refractivity contribution is 7.07. The molecule has 0 aliphatic carbocycles. The molecule has 3 aromatic rings. The summed E-state index contributed by atoms with van der Waals surface area (Å²) >= 11 is 1.57. The van der Waals surface area contributed by atoms with Gasteiger partial charge in [-0.15, -0.1) is 11.3 Å². The first kappa shape index (κ1) is 19.7. The average Bonchev–Trinajstić information content (AvgIpc) is 3.46. The van der Waals surface area contributed by atoms with Gasteiger partial charge >= 0.3 is 0 Å². The molecule has 0 saturated carbocycles. The minimum absolute atomic E-state index is 0.419. The van der Waals surface area contributed by atoms with Crippen molar-refractivity contribution in [3.8, 4) is 28.5 Å². The summed E-state index contributed by atoms with van der Waals surface area (Å²) in [6, 6.07) is 8.08. The molecule has 1 fully saturated rings. The van der Waals surface area contributed by atoms with Crippen molar-refractivity contribution in [1.82, 2.24) is 14.9 Å². The lowest BCUT2D eigenvalue weighted by Gasteiger charge is -2.21. The van der Waals surface area contributed by atoms with E-state index in [4.69, 9.17) is 14.2 Å². The number of thiazole rings is 1. The van der Waals surface area contributed by atoms with Crippen molar-refractivity contribution in [3.63, 3.8) is 0 Å². The van der Waals surface area contributed by atoms with Crippen molar-refractivity contribution in [1.29, 1.82) is 0 Å². The van der Waals surface area contributed by atoms with Crippen LogP contribution in [-0.4, -0.2) is 42.2 Å². The van der Waals surface area contributed by atoms with Crippen molar-refractivity contribution < 1.29 is 14.2 Å². The Morgan fingerprint density at radius 1 is 1.10 bits per heavy atom. The third-order valence-electron chi connectivity index (χ3n) is 5.07. The minimum atomic E-state index is 0.419. The number of hydrogen-bond donors (Lipinski definition) is 0. The van der Waals surface area contributed by atoms with Crippen LogP contribution in [0.15, 0.2) is 41.4 Å². The van der Waals surface area contributed by atoms with Crippen LogP contribution in [0.4, 0.5) is 0 Å². The fraction of sp³-hybridized carbons (Fsp3) is 0.364. The number of likely N-dealkylation sites (tertiary alicyclic amines) is 1. The molecule has 0 spiro atoms. The molecule has 4 rings (SSSR count). The molecule has 0 amide bonds. The number of nitrogens with zero attached hydrogens (tertiary/aromatic N) is 3. The summed E-state index contributed by atoms with van der Waals surface area (Å²) < 4.78 is 17.4. The molecule has 2 aromatic heterocycles. The lowest BCUT2D eigenvalue weighted by atomic mass is 10.0. The molecule has 0 bridgehead atoms. The maximum absolute atomic E-state index is 6.21. The van der Waals surface area contributed by atoms with Gasteiger partial charge in [0.25, 0.3) is 0 Å². The van der Waals surface area contributed by atoms with Gasteiger partial charge in [-0.1, -0.05) is 0 Å². The monoisotopic (exact) mass is 411 g/mol. The first-order valence-electron chi connectivity index (χ1n) is 9.71. The number of hydrogen-bond acceptors (Lipinski definition) is 7. The smallest absolute Gasteiger partial charge is 0.221 e. The Kier molecular flexibility index (Phi) is 6.27. The van der Waals surface area contributed by atoms with Gasteiger partial charge in [-0.2, -0.15) is 0 Å². The predicted molar refractivity (Wildman–Crippen MR) is 114 cm³/mol. The van der Waals surface area contributed by atoms with Gasteiger partial charge in [-0.25, -0.2) is 9.97 Å². The van der Waals surface area contributed by atoms with Gasteiger partial charge in [-0.3, -0.25) is 4.90 Å². The van der Waals surface area contributed by atoms with Crippen LogP contribution in [0.2, 0.25) is 0 Å². The normalized spacial score (nSPS) is 14.1. The number of aromatic nitrogens is 2. The second-order valence-corrected chi connectivity index (χ2v) is 7.70. The highest BCUT2D eigenvalue weighted by atomic mass is 32.1. The van der Waals surface area contributed by atoms with E-state index in [0.717, 1.165) is 47.8 Å². The topological polar surface area (TPSA) is 56.7 Å². The third-order valence-corrected chi connectivity index (χ3v) is 5.70. The van der Waals surface area contributed by atoms with Crippen LogP contribution >= 0.6 is 11.3 Å². The molecule has 152 valence electrons. The van der Waals surface area contributed by atoms with Gasteiger partial charge in [0.15, 0.2) is 11.5 Å². The lowest BCUT2D eigenvalue weighted by Crippen LogP contribution is -2.19. The molecule has 0 radical (unpaired) electrons. The number of rotatable bonds is 8. The summed E-state index contributed by atoms with van der Waals surface area (Å²) in [5.74, 6) is 2.08. The molecule has 3 heterocycles. The van der Waals surface area contributed by atoms with Gasteiger partial charge in [0.1, 0.15) is 6.61 Å². The SMILES string of the molecule is COc1cc(-c2cccnc2OC)cc(CN2CCCC2)c1OCc1cscn1. The summed E-state index contributed by atoms with van der Waals surface area (Å²) in [5.41, 5.74) is 5.77. The van der Waals surface area contributed by atoms with Gasteiger partial charge in [0.05, 0.1) is 25.4 Å². The Morgan fingerprint density at radius 2 is 1.97 bits per heavy atom. The largest absolute Gasteiger partial charge is 0.493 e. The zero-order valence-electron chi connectivity index (χ0n) is 16.8. The number of methoxy groups -OCH3 is 2. The van der Waals surface area contributed by atoms with E-state index in [1.165, 1.54) is 12.8 Å². The highest BCUT2D eigenvalue weighted by Crippen LogP contribution is 2.40. The van der Waals surface area contributed by atoms with Crippen molar-refractivity contribution in [2.24, 2.45) is 0 Å². The second-order valence-electron chi connectivity index (χ2n) is 6.98. The fourth-order valence-corrected chi connectivity index (χ4v) is 4.20. The van der Waals surface area contributed by atoms with Crippen LogP contribution in [0.5, 0.6) is 17.4 Å². The van der Waals surface area contributed by atoms with E-state index >= 15 is 0 Å². The molecule has 1 aromatic carbocycles. The molecule has 0 atom stereocenters. The second kappa shape index (κ2) is 9.24. The van der Waals surface area contributed by atoms with Crippen LogP contribution in [0.1, 0.15) is 24.1 Å². The van der Waals surface area contributed by atoms with Crippen LogP contribution in [-0.2, 0) is 13.2 Å². The van der Waals surface area contributed by atoms with E-state index < -0.39 is 0 Å². The van der Waals surface area contributed by atoms with E-state index in [1.54, 1.807) is 31.8 Å². The van der Waals surface area contributed by atoms with E-state index in [2.05, 4.69) is 20.9 Å². The molecule has 7 heteroatoms. The van der Waals surface area contributed by atoms with E-state index in [9.17, 15) is 0 Å². The predicted octanol–water partition coefficient (Wildman–Crippen LogP) is 4.40. The summed E-state index contributed by atoms with van der Waals surface area (Å²) in [4.78, 5) is 11.1. The standard InChI is InChI=1S/C22H25N3O3S/c1-26-20-11-16(19-6-5-7-23-22(19)27-2)10-17(12-25-8-3-4-9-25)21(20)28-13-18-14-29-15-24-18/h5-7,10-11,14-15H,3-4,8-9,12-13H2,1-2H3. The molecule has 29 heavy (non-hydrogen) atoms. The highest BCUT2D eigenvalue weighted by Gasteiger charge is 2.20. The van der Waals surface area contributed by atoms with Crippen LogP contribution in [0.25, 0.3) is 11.1 Å². The van der Waals surface area contributed by atoms with Crippen molar-refractivity contribution in [3.05, 3.63) is 52.6 Å². The van der Waals surface area contributed by atoms with Gasteiger partial charge in [0, 0.05) is 29.2 Å². The Balaban J connectivity index is 1.73. The summed E-state index contributed by atoms with van der Waals surface area (Å²) in [7, 11) is 3.31. The summed E-state index contributed by atoms with van der Waals surface area (Å²) in [6.07, 6.45) is 4.21. The number of ether oxygens (including phenoxy) is 3. The van der Waals surface area contributed by atoms with Gasteiger partial charge in [-0.05, 0) is 55.8 Å². The zero-order chi connectivity index (χ0) is 20.1. The van der Waals surface area contributed by atoms with Crippen molar-refractivity contribution in [2.45, 2.75) is 26.0 Å². The molecule has 6 nitrogen and oxygen atoms in total. The maximum Gasteiger partial charge on any atom is 0.221 e. The first-order valence-corrected chi connectivity index (χ1v) is 10.6. The Morgan fingerprint density at radius 3 is 2.69 bits per heavy atom. The van der Waals surface area contributed by atoms with Gasteiger partial charge < -0.3 is 14.2 Å². The molecule has 1 saturated heterocycles. The Labute approximate surface area is 175 Å². The molecular formula is C22H25N3O3S. The molecule has 0 unspecified atom stereocenters. The molecule has 1 aliphatic rings. The van der Waals surface area contributed by atoms with Crippen molar-refractivity contribution in [2.75, 3.05) is 27.3 Å². The number of benzene rings is 1. The first-order chi connectivity index (χ1) is 14.3. The summed E-state index contributed by atoms with van der Waals surface area (Å²) in [6.45, 7) is 3.45. The quantitative estimate of drug-likeness (QED) is 0.548. The van der Waals surface area contributed by atoms with E-state index in [0.29, 0.717) is 18.2 Å². The third kappa shape index (κ3) is 4.52. The van der Waals surface area contributed by atoms with Crippen LogP contribution in [0, 0.1) is 0 Å². The Hall–Kier alpha value is -2.64. The van der Waals surface area contributed by atoms with Crippen LogP contribution < -0.4 is 14.2 Å². The zero-order valence-corrected chi connectivity index (χ0v) is 17.6. The van der Waals surface area contributed by atoms with Crippen molar-refractivity contribution >= 4 is 11.3 Å². The average molecular weight is 412 g/mol. The molecule has 0 N–H and O–H groups in total. The van der Waals surface area contributed by atoms with E-state index in [-0.39, 0.29) is 0 Å². The van der Waals surface area contributed by atoms with Gasteiger partial charge in [0.2, 0.25) is 5.88 Å². The Bertz CT molecular complexity index is 940. The lowest BCUT2D eigenvalue weighted by molar-refractivity contribution is 0.267. The fourth-order valence-electron chi connectivity index (χ4n) is 3.66. The molecule has 1 aliphatic heterocycles. The maximum atomic E-state index is 6.21. The molecular weight excluding hydrogens is 386 g/mol.